The topological polar surface area (TPSA) is 19.4 Å². The van der Waals surface area contributed by atoms with Gasteiger partial charge < -0.3 is 4.90 Å². The van der Waals surface area contributed by atoms with Crippen LogP contribution >= 0.6 is 15.9 Å². The highest BCUT2D eigenvalue weighted by molar-refractivity contribution is 9.10. The summed E-state index contributed by atoms with van der Waals surface area (Å²) in [7, 11) is 0. The van der Waals surface area contributed by atoms with E-state index in [0.717, 1.165) is 23.0 Å². The number of rotatable bonds is 1. The molecule has 0 N–H and O–H groups in total. The zero-order valence-electron chi connectivity index (χ0n) is 10.1. The third kappa shape index (κ3) is 2.20. The molecule has 0 bridgehead atoms. The molecule has 0 saturated carbocycles. The summed E-state index contributed by atoms with van der Waals surface area (Å²) in [6.45, 7) is 5.90. The molecule has 2 fully saturated rings. The number of halogens is 1. The van der Waals surface area contributed by atoms with Gasteiger partial charge in [0.25, 0.3) is 0 Å². The average molecular weight is 296 g/mol. The fourth-order valence-corrected chi connectivity index (χ4v) is 3.40. The summed E-state index contributed by atoms with van der Waals surface area (Å²) in [6.07, 6.45) is 2.70. The molecule has 3 heterocycles. The molecule has 2 saturated heterocycles. The predicted octanol–water partition coefficient (Wildman–Crippen LogP) is 2.52. The number of nitrogens with zero attached hydrogens (tertiary/aromatic N) is 3. The van der Waals surface area contributed by atoms with E-state index in [9.17, 15) is 0 Å². The Labute approximate surface area is 111 Å². The first-order valence-corrected chi connectivity index (χ1v) is 7.16. The number of pyridine rings is 1. The van der Waals surface area contributed by atoms with E-state index in [0.29, 0.717) is 6.04 Å². The van der Waals surface area contributed by atoms with E-state index in [1.54, 1.807) is 0 Å². The summed E-state index contributed by atoms with van der Waals surface area (Å²) in [6, 6.07) is 7.48. The molecular weight excluding hydrogens is 278 g/mol. The van der Waals surface area contributed by atoms with E-state index < -0.39 is 0 Å². The molecule has 2 unspecified atom stereocenters. The van der Waals surface area contributed by atoms with Gasteiger partial charge in [-0.3, -0.25) is 4.90 Å². The SMILES string of the molecule is CC1CN2CCCC2CN1c1cccc(Br)n1. The summed E-state index contributed by atoms with van der Waals surface area (Å²) < 4.78 is 0.927. The molecule has 2 atom stereocenters. The van der Waals surface area contributed by atoms with Crippen molar-refractivity contribution in [3.8, 4) is 0 Å². The molecule has 3 nitrogen and oxygen atoms in total. The molecule has 2 aliphatic heterocycles. The van der Waals surface area contributed by atoms with Crippen LogP contribution in [0.1, 0.15) is 19.8 Å². The van der Waals surface area contributed by atoms with Crippen molar-refractivity contribution in [3.05, 3.63) is 22.8 Å². The van der Waals surface area contributed by atoms with Crippen LogP contribution in [0.5, 0.6) is 0 Å². The number of aromatic nitrogens is 1. The standard InChI is InChI=1S/C13H18BrN3/c1-10-8-16-7-3-4-11(16)9-17(10)13-6-2-5-12(14)15-13/h2,5-6,10-11H,3-4,7-9H2,1H3. The van der Waals surface area contributed by atoms with E-state index in [2.05, 4.69) is 49.8 Å². The highest BCUT2D eigenvalue weighted by Gasteiger charge is 2.34. The molecular formula is C13H18BrN3. The highest BCUT2D eigenvalue weighted by atomic mass is 79.9. The van der Waals surface area contributed by atoms with Gasteiger partial charge >= 0.3 is 0 Å². The lowest BCUT2D eigenvalue weighted by Crippen LogP contribution is -2.55. The summed E-state index contributed by atoms with van der Waals surface area (Å²) >= 11 is 3.46. The minimum absolute atomic E-state index is 0.561. The van der Waals surface area contributed by atoms with Crippen LogP contribution in [-0.4, -0.2) is 41.6 Å². The fourth-order valence-electron chi connectivity index (χ4n) is 3.06. The highest BCUT2D eigenvalue weighted by Crippen LogP contribution is 2.28. The molecule has 0 radical (unpaired) electrons. The van der Waals surface area contributed by atoms with Gasteiger partial charge in [-0.1, -0.05) is 6.07 Å². The van der Waals surface area contributed by atoms with Gasteiger partial charge in [-0.05, 0) is 54.4 Å². The van der Waals surface area contributed by atoms with Crippen molar-refractivity contribution >= 4 is 21.7 Å². The maximum atomic E-state index is 4.59. The molecule has 4 heteroatoms. The maximum absolute atomic E-state index is 4.59. The Morgan fingerprint density at radius 3 is 3.06 bits per heavy atom. The largest absolute Gasteiger partial charge is 0.351 e. The number of hydrogen-bond donors (Lipinski definition) is 0. The zero-order valence-corrected chi connectivity index (χ0v) is 11.7. The Morgan fingerprint density at radius 2 is 2.24 bits per heavy atom. The molecule has 2 aliphatic rings. The first-order chi connectivity index (χ1) is 8.24. The van der Waals surface area contributed by atoms with Crippen LogP contribution in [0, 0.1) is 0 Å². The molecule has 17 heavy (non-hydrogen) atoms. The monoisotopic (exact) mass is 295 g/mol. The van der Waals surface area contributed by atoms with Gasteiger partial charge in [0, 0.05) is 25.2 Å². The number of piperazine rings is 1. The minimum atomic E-state index is 0.561. The number of anilines is 1. The van der Waals surface area contributed by atoms with Crippen molar-refractivity contribution in [2.75, 3.05) is 24.5 Å². The summed E-state index contributed by atoms with van der Waals surface area (Å²) in [4.78, 5) is 9.68. The van der Waals surface area contributed by atoms with Crippen molar-refractivity contribution in [3.63, 3.8) is 0 Å². The first kappa shape index (κ1) is 11.5. The van der Waals surface area contributed by atoms with Crippen molar-refractivity contribution in [2.45, 2.75) is 31.8 Å². The van der Waals surface area contributed by atoms with Crippen molar-refractivity contribution in [1.82, 2.24) is 9.88 Å². The molecule has 92 valence electrons. The lowest BCUT2D eigenvalue weighted by molar-refractivity contribution is 0.202. The van der Waals surface area contributed by atoms with Gasteiger partial charge in [-0.2, -0.15) is 0 Å². The van der Waals surface area contributed by atoms with E-state index >= 15 is 0 Å². The van der Waals surface area contributed by atoms with Crippen LogP contribution in [-0.2, 0) is 0 Å². The van der Waals surface area contributed by atoms with Crippen LogP contribution in [0.15, 0.2) is 22.8 Å². The second-order valence-corrected chi connectivity index (χ2v) is 5.92. The number of fused-ring (bicyclic) bond motifs is 1. The molecule has 3 rings (SSSR count). The number of hydrogen-bond acceptors (Lipinski definition) is 3. The first-order valence-electron chi connectivity index (χ1n) is 6.37. The van der Waals surface area contributed by atoms with Crippen molar-refractivity contribution in [2.24, 2.45) is 0 Å². The molecule has 0 aromatic carbocycles. The van der Waals surface area contributed by atoms with E-state index in [-0.39, 0.29) is 0 Å². The average Bonchev–Trinajstić information content (AvgIpc) is 2.75. The lowest BCUT2D eigenvalue weighted by Gasteiger charge is -2.43. The van der Waals surface area contributed by atoms with Gasteiger partial charge in [0.15, 0.2) is 0 Å². The van der Waals surface area contributed by atoms with Gasteiger partial charge in [0.1, 0.15) is 10.4 Å². The lowest BCUT2D eigenvalue weighted by atomic mass is 10.1. The van der Waals surface area contributed by atoms with Gasteiger partial charge in [0.05, 0.1) is 0 Å². The van der Waals surface area contributed by atoms with E-state index in [1.807, 2.05) is 6.07 Å². The minimum Gasteiger partial charge on any atom is -0.351 e. The van der Waals surface area contributed by atoms with Crippen molar-refractivity contribution < 1.29 is 0 Å². The van der Waals surface area contributed by atoms with Crippen LogP contribution in [0.2, 0.25) is 0 Å². The Morgan fingerprint density at radius 1 is 1.35 bits per heavy atom. The second-order valence-electron chi connectivity index (χ2n) is 5.11. The van der Waals surface area contributed by atoms with E-state index in [4.69, 9.17) is 0 Å². The normalized spacial score (nSPS) is 29.4. The third-order valence-electron chi connectivity index (χ3n) is 3.93. The molecule has 0 amide bonds. The third-order valence-corrected chi connectivity index (χ3v) is 4.37. The summed E-state index contributed by atoms with van der Waals surface area (Å²) in [5.74, 6) is 1.11. The molecule has 1 aromatic rings. The summed E-state index contributed by atoms with van der Waals surface area (Å²) in [5.41, 5.74) is 0. The molecule has 0 aliphatic carbocycles. The zero-order chi connectivity index (χ0) is 11.8. The maximum Gasteiger partial charge on any atom is 0.130 e. The quantitative estimate of drug-likeness (QED) is 0.742. The van der Waals surface area contributed by atoms with Gasteiger partial charge in [0.2, 0.25) is 0 Å². The Hall–Kier alpha value is -0.610. The predicted molar refractivity (Wildman–Crippen MR) is 73.3 cm³/mol. The molecule has 0 spiro atoms. The fraction of sp³-hybridized carbons (Fsp3) is 0.615. The second kappa shape index (κ2) is 4.58. The van der Waals surface area contributed by atoms with Crippen LogP contribution in [0.3, 0.4) is 0 Å². The Balaban J connectivity index is 1.83. The Kier molecular flexibility index (Phi) is 3.09. The Bertz CT molecular complexity index is 409. The van der Waals surface area contributed by atoms with Crippen LogP contribution < -0.4 is 4.90 Å². The van der Waals surface area contributed by atoms with Crippen molar-refractivity contribution in [1.29, 1.82) is 0 Å². The summed E-state index contributed by atoms with van der Waals surface area (Å²) in [5, 5.41) is 0. The van der Waals surface area contributed by atoms with Crippen LogP contribution in [0.4, 0.5) is 5.82 Å². The smallest absolute Gasteiger partial charge is 0.130 e. The van der Waals surface area contributed by atoms with E-state index in [1.165, 1.54) is 25.9 Å². The van der Waals surface area contributed by atoms with Crippen LogP contribution in [0.25, 0.3) is 0 Å². The van der Waals surface area contributed by atoms with Gasteiger partial charge in [-0.15, -0.1) is 0 Å². The van der Waals surface area contributed by atoms with Gasteiger partial charge in [-0.25, -0.2) is 4.98 Å². The molecule has 1 aromatic heterocycles.